The Balaban J connectivity index is 3.68. The van der Waals surface area contributed by atoms with Gasteiger partial charge in [0.1, 0.15) is 0 Å². The van der Waals surface area contributed by atoms with E-state index in [9.17, 15) is 12.2 Å². The van der Waals surface area contributed by atoms with Crippen molar-refractivity contribution < 1.29 is 17.0 Å². The van der Waals surface area contributed by atoms with E-state index in [-0.39, 0.29) is 0 Å². The van der Waals surface area contributed by atoms with Crippen molar-refractivity contribution in [3.05, 3.63) is 0 Å². The van der Waals surface area contributed by atoms with E-state index in [1.54, 1.807) is 4.36 Å². The number of amides is 1. The topological polar surface area (TPSA) is 29.4 Å². The molecule has 7 heavy (non-hydrogen) atoms. The SMILES string of the molecule is O=C(F)N=S(F)F. The number of hydrogen-bond acceptors (Lipinski definition) is 1. The summed E-state index contributed by atoms with van der Waals surface area (Å²) < 4.78 is 33.7. The largest absolute Gasteiger partial charge is 0.434 e. The van der Waals surface area contributed by atoms with Gasteiger partial charge >= 0.3 is 6.16 Å². The van der Waals surface area contributed by atoms with Crippen molar-refractivity contribution in [2.75, 3.05) is 0 Å². The van der Waals surface area contributed by atoms with Gasteiger partial charge in [0.2, 0.25) is 0 Å². The van der Waals surface area contributed by atoms with Gasteiger partial charge < -0.3 is 0 Å². The standard InChI is InChI=1S/CF3NOS/c2-1(6)5-7(3)4. The van der Waals surface area contributed by atoms with Crippen molar-refractivity contribution in [1.29, 1.82) is 0 Å². The lowest BCUT2D eigenvalue weighted by Crippen LogP contribution is -1.74. The summed E-state index contributed by atoms with van der Waals surface area (Å²) in [6.07, 6.45) is -2.33. The molecule has 0 fully saturated rings. The van der Waals surface area contributed by atoms with E-state index in [1.165, 1.54) is 0 Å². The highest BCUT2D eigenvalue weighted by Gasteiger charge is 1.93. The highest BCUT2D eigenvalue weighted by molar-refractivity contribution is 7.77. The molecular weight excluding hydrogens is 131 g/mol. The van der Waals surface area contributed by atoms with Crippen LogP contribution in [0.3, 0.4) is 0 Å². The molecule has 0 N–H and O–H groups in total. The number of nitrogens with zero attached hydrogens (tertiary/aromatic N) is 1. The molecule has 0 aromatic rings. The average Bonchev–Trinajstić information content (AvgIpc) is 1.27. The molecule has 0 atom stereocenters. The molecule has 0 rings (SSSR count). The third-order valence-electron chi connectivity index (χ3n) is 0.141. The highest BCUT2D eigenvalue weighted by atomic mass is 32.2. The highest BCUT2D eigenvalue weighted by Crippen LogP contribution is 1.92. The van der Waals surface area contributed by atoms with Gasteiger partial charge in [-0.15, -0.1) is 12.2 Å². The molecule has 0 bridgehead atoms. The van der Waals surface area contributed by atoms with Gasteiger partial charge in [-0.25, -0.2) is 4.79 Å². The number of rotatable bonds is 0. The van der Waals surface area contributed by atoms with Gasteiger partial charge in [0.05, 0.1) is 0 Å². The molecule has 0 saturated carbocycles. The van der Waals surface area contributed by atoms with Gasteiger partial charge in [-0.2, -0.15) is 0 Å². The van der Waals surface area contributed by atoms with Gasteiger partial charge in [-0.05, 0) is 0 Å². The minimum absolute atomic E-state index is 1.67. The van der Waals surface area contributed by atoms with E-state index in [0.717, 1.165) is 0 Å². The van der Waals surface area contributed by atoms with Crippen molar-refractivity contribution in [2.45, 2.75) is 0 Å². The molecule has 42 valence electrons. The number of carbonyl (C=O) groups is 1. The maximum Gasteiger partial charge on any atom is 0.434 e. The minimum Gasteiger partial charge on any atom is -0.231 e. The van der Waals surface area contributed by atoms with Crippen LogP contribution in [-0.4, -0.2) is 6.16 Å². The zero-order chi connectivity index (χ0) is 5.86. The normalized spacial score (nSPS) is 9.14. The van der Waals surface area contributed by atoms with E-state index in [4.69, 9.17) is 4.79 Å². The van der Waals surface area contributed by atoms with E-state index in [0.29, 0.717) is 0 Å². The van der Waals surface area contributed by atoms with Crippen LogP contribution in [0.4, 0.5) is 17.0 Å². The second kappa shape index (κ2) is 2.73. The van der Waals surface area contributed by atoms with Crippen molar-refractivity contribution >= 4 is 17.6 Å². The van der Waals surface area contributed by atoms with Crippen LogP contribution < -0.4 is 0 Å². The fourth-order valence-electron chi connectivity index (χ4n) is 0.0543. The van der Waals surface area contributed by atoms with E-state index in [1.807, 2.05) is 0 Å². The molecule has 0 aliphatic carbocycles. The van der Waals surface area contributed by atoms with E-state index >= 15 is 0 Å². The molecule has 1 amide bonds. The second-order valence-corrected chi connectivity index (χ2v) is 1.12. The third kappa shape index (κ3) is 5.61. The summed E-state index contributed by atoms with van der Waals surface area (Å²) in [5.41, 5.74) is 0. The van der Waals surface area contributed by atoms with Crippen LogP contribution >= 0.6 is 0 Å². The molecule has 0 aromatic heterocycles. The van der Waals surface area contributed by atoms with Gasteiger partial charge in [-0.3, -0.25) is 0 Å². The molecule has 2 nitrogen and oxygen atoms in total. The summed E-state index contributed by atoms with van der Waals surface area (Å²) in [7, 11) is 0. The number of carbonyl (C=O) groups excluding carboxylic acids is 1. The molecule has 0 spiro atoms. The fourth-order valence-corrected chi connectivity index (χ4v) is 0.163. The van der Waals surface area contributed by atoms with Gasteiger partial charge in [0, 0.05) is 0 Å². The summed E-state index contributed by atoms with van der Waals surface area (Å²) in [5.74, 6) is 0. The van der Waals surface area contributed by atoms with Crippen molar-refractivity contribution in [1.82, 2.24) is 0 Å². The van der Waals surface area contributed by atoms with Gasteiger partial charge in [0.15, 0.2) is 0 Å². The van der Waals surface area contributed by atoms with E-state index < -0.39 is 17.6 Å². The minimum atomic E-state index is -3.45. The average molecular weight is 131 g/mol. The summed E-state index contributed by atoms with van der Waals surface area (Å²) in [4.78, 5) is 8.95. The van der Waals surface area contributed by atoms with Crippen LogP contribution in [-0.2, 0) is 11.5 Å². The maximum atomic E-state index is 10.7. The lowest BCUT2D eigenvalue weighted by Gasteiger charge is -1.69. The Labute approximate surface area is 40.0 Å². The van der Waals surface area contributed by atoms with Crippen LogP contribution in [0, 0.1) is 0 Å². The molecule has 0 unspecified atom stereocenters. The Morgan fingerprint density at radius 2 is 2.00 bits per heavy atom. The first-order valence-electron chi connectivity index (χ1n) is 1.11. The molecule has 0 aliphatic rings. The Hall–Kier alpha value is -0.390. The first-order valence-corrected chi connectivity index (χ1v) is 2.09. The zero-order valence-corrected chi connectivity index (χ0v) is 3.71. The smallest absolute Gasteiger partial charge is 0.231 e. The summed E-state index contributed by atoms with van der Waals surface area (Å²) in [6.45, 7) is 0. The monoisotopic (exact) mass is 131 g/mol. The first kappa shape index (κ1) is 6.61. The predicted molar refractivity (Wildman–Crippen MR) is 18.5 cm³/mol. The predicted octanol–water partition coefficient (Wildman–Crippen LogP) is 1.65. The van der Waals surface area contributed by atoms with E-state index in [2.05, 4.69) is 0 Å². The Morgan fingerprint density at radius 1 is 1.57 bits per heavy atom. The summed E-state index contributed by atoms with van der Waals surface area (Å²) >= 11 is -3.45. The molecule has 0 heterocycles. The lowest BCUT2D eigenvalue weighted by molar-refractivity contribution is 0.231. The van der Waals surface area contributed by atoms with Crippen molar-refractivity contribution in [2.24, 2.45) is 4.36 Å². The van der Waals surface area contributed by atoms with Crippen LogP contribution in [0.1, 0.15) is 0 Å². The third-order valence-corrected chi connectivity index (χ3v) is 0.422. The molecule has 0 saturated heterocycles. The van der Waals surface area contributed by atoms with Gasteiger partial charge in [0.25, 0.3) is 11.5 Å². The first-order chi connectivity index (χ1) is 3.13. The number of halogens is 3. The van der Waals surface area contributed by atoms with Crippen LogP contribution in [0.25, 0.3) is 0 Å². The molecule has 6 heteroatoms. The van der Waals surface area contributed by atoms with Crippen LogP contribution in [0.15, 0.2) is 4.36 Å². The lowest BCUT2D eigenvalue weighted by atomic mass is 11.4. The van der Waals surface area contributed by atoms with Crippen LogP contribution in [0.2, 0.25) is 0 Å². The number of hydrogen-bond donors (Lipinski definition) is 0. The molecule has 0 aromatic carbocycles. The molecule has 0 aliphatic heterocycles. The Bertz CT molecular complexity index is 108. The fraction of sp³-hybridized carbons (Fsp3) is 0. The second-order valence-electron chi connectivity index (χ2n) is 0.541. The summed E-state index contributed by atoms with van der Waals surface area (Å²) in [5, 5.41) is 0. The maximum absolute atomic E-state index is 10.7. The van der Waals surface area contributed by atoms with Crippen molar-refractivity contribution in [3.63, 3.8) is 0 Å². The molecular formula is CF3NOS. The quantitative estimate of drug-likeness (QED) is 0.363. The van der Waals surface area contributed by atoms with Crippen molar-refractivity contribution in [3.8, 4) is 0 Å². The van der Waals surface area contributed by atoms with Gasteiger partial charge in [-0.1, -0.05) is 4.36 Å². The summed E-state index contributed by atoms with van der Waals surface area (Å²) in [6, 6.07) is 0. The Kier molecular flexibility index (Phi) is 2.58. The molecule has 0 radical (unpaired) electrons. The Morgan fingerprint density at radius 3 is 2.00 bits per heavy atom. The van der Waals surface area contributed by atoms with Crippen LogP contribution in [0.5, 0.6) is 0 Å². The zero-order valence-electron chi connectivity index (χ0n) is 2.90.